The Kier molecular flexibility index (Phi) is 5.25. The SMILES string of the molecule is CCN(CCOC)C(=O)c1ccc(-c2cnc3c(C#N)cnn3c2)cc1. The normalized spacial score (nSPS) is 10.7. The highest BCUT2D eigenvalue weighted by Crippen LogP contribution is 2.20. The molecule has 7 heteroatoms. The summed E-state index contributed by atoms with van der Waals surface area (Å²) in [4.78, 5) is 18.6. The first kappa shape index (κ1) is 17.6. The highest BCUT2D eigenvalue weighted by atomic mass is 16.5. The number of benzene rings is 1. The van der Waals surface area contributed by atoms with Crippen molar-refractivity contribution < 1.29 is 9.53 Å². The van der Waals surface area contributed by atoms with E-state index in [0.29, 0.717) is 36.5 Å². The number of nitriles is 1. The molecule has 3 rings (SSSR count). The Bertz CT molecular complexity index is 956. The van der Waals surface area contributed by atoms with Gasteiger partial charge in [0, 0.05) is 43.7 Å². The highest BCUT2D eigenvalue weighted by Gasteiger charge is 2.14. The molecule has 26 heavy (non-hydrogen) atoms. The van der Waals surface area contributed by atoms with Crippen molar-refractivity contribution in [2.45, 2.75) is 6.92 Å². The zero-order valence-electron chi connectivity index (χ0n) is 14.7. The van der Waals surface area contributed by atoms with Gasteiger partial charge in [0.1, 0.15) is 11.6 Å². The number of aromatic nitrogens is 3. The maximum Gasteiger partial charge on any atom is 0.253 e. The van der Waals surface area contributed by atoms with E-state index in [0.717, 1.165) is 11.1 Å². The summed E-state index contributed by atoms with van der Waals surface area (Å²) >= 11 is 0. The van der Waals surface area contributed by atoms with E-state index in [9.17, 15) is 4.79 Å². The number of carbonyl (C=O) groups is 1. The van der Waals surface area contributed by atoms with Gasteiger partial charge in [-0.25, -0.2) is 9.50 Å². The van der Waals surface area contributed by atoms with Gasteiger partial charge in [0.2, 0.25) is 0 Å². The van der Waals surface area contributed by atoms with Crippen LogP contribution in [0.3, 0.4) is 0 Å². The van der Waals surface area contributed by atoms with E-state index < -0.39 is 0 Å². The molecule has 0 radical (unpaired) electrons. The van der Waals surface area contributed by atoms with Gasteiger partial charge in [-0.05, 0) is 24.6 Å². The van der Waals surface area contributed by atoms with Gasteiger partial charge < -0.3 is 9.64 Å². The predicted octanol–water partition coefficient (Wildman–Crippen LogP) is 2.38. The minimum Gasteiger partial charge on any atom is -0.383 e. The van der Waals surface area contributed by atoms with Gasteiger partial charge in [-0.1, -0.05) is 12.1 Å². The summed E-state index contributed by atoms with van der Waals surface area (Å²) in [5, 5.41) is 13.2. The zero-order valence-corrected chi connectivity index (χ0v) is 14.7. The van der Waals surface area contributed by atoms with Crippen LogP contribution in [-0.4, -0.2) is 52.2 Å². The van der Waals surface area contributed by atoms with Gasteiger partial charge in [0.05, 0.1) is 12.8 Å². The molecule has 7 nitrogen and oxygen atoms in total. The molecule has 0 unspecified atom stereocenters. The van der Waals surface area contributed by atoms with Crippen LogP contribution in [0.2, 0.25) is 0 Å². The second-order valence-corrected chi connectivity index (χ2v) is 5.74. The summed E-state index contributed by atoms with van der Waals surface area (Å²) in [6.07, 6.45) is 5.01. The van der Waals surface area contributed by atoms with E-state index in [1.165, 1.54) is 6.20 Å². The summed E-state index contributed by atoms with van der Waals surface area (Å²) in [5.74, 6) is -0.0181. The minimum atomic E-state index is -0.0181. The molecule has 2 aromatic heterocycles. The molecule has 0 bridgehead atoms. The number of carbonyl (C=O) groups excluding carboxylic acids is 1. The number of amides is 1. The van der Waals surface area contributed by atoms with Crippen molar-refractivity contribution in [3.05, 3.63) is 54.0 Å². The van der Waals surface area contributed by atoms with Gasteiger partial charge in [0.25, 0.3) is 5.91 Å². The summed E-state index contributed by atoms with van der Waals surface area (Å²) in [7, 11) is 1.62. The van der Waals surface area contributed by atoms with Crippen LogP contribution in [-0.2, 0) is 4.74 Å². The van der Waals surface area contributed by atoms with E-state index in [1.54, 1.807) is 34.9 Å². The Labute approximate surface area is 151 Å². The van der Waals surface area contributed by atoms with Gasteiger partial charge in [-0.2, -0.15) is 10.4 Å². The second-order valence-electron chi connectivity index (χ2n) is 5.74. The first-order valence-corrected chi connectivity index (χ1v) is 8.30. The Morgan fingerprint density at radius 2 is 2.04 bits per heavy atom. The molecule has 0 N–H and O–H groups in total. The van der Waals surface area contributed by atoms with Crippen LogP contribution in [0.4, 0.5) is 0 Å². The number of ether oxygens (including phenoxy) is 1. The average molecular weight is 349 g/mol. The molecule has 0 aliphatic heterocycles. The third-order valence-electron chi connectivity index (χ3n) is 4.18. The fourth-order valence-electron chi connectivity index (χ4n) is 2.70. The third kappa shape index (κ3) is 3.41. The molecule has 1 aromatic carbocycles. The molecule has 0 atom stereocenters. The van der Waals surface area contributed by atoms with Gasteiger partial charge in [-0.15, -0.1) is 0 Å². The molecule has 0 aliphatic rings. The van der Waals surface area contributed by atoms with Crippen LogP contribution in [0.1, 0.15) is 22.8 Å². The van der Waals surface area contributed by atoms with Gasteiger partial charge in [-0.3, -0.25) is 4.79 Å². The van der Waals surface area contributed by atoms with Gasteiger partial charge in [0.15, 0.2) is 5.65 Å². The van der Waals surface area contributed by atoms with Crippen molar-refractivity contribution in [3.8, 4) is 17.2 Å². The van der Waals surface area contributed by atoms with Crippen LogP contribution in [0.15, 0.2) is 42.9 Å². The number of fused-ring (bicyclic) bond motifs is 1. The summed E-state index contributed by atoms with van der Waals surface area (Å²) < 4.78 is 6.63. The first-order valence-electron chi connectivity index (χ1n) is 8.30. The molecule has 1 amide bonds. The van der Waals surface area contributed by atoms with Crippen molar-refractivity contribution in [1.82, 2.24) is 19.5 Å². The molecule has 0 fully saturated rings. The molecule has 0 spiro atoms. The van der Waals surface area contributed by atoms with E-state index in [4.69, 9.17) is 10.00 Å². The van der Waals surface area contributed by atoms with E-state index in [-0.39, 0.29) is 5.91 Å². The number of nitrogens with zero attached hydrogens (tertiary/aromatic N) is 5. The number of rotatable bonds is 6. The van der Waals surface area contributed by atoms with Crippen LogP contribution in [0.5, 0.6) is 0 Å². The minimum absolute atomic E-state index is 0.0181. The Balaban J connectivity index is 1.83. The Morgan fingerprint density at radius 3 is 2.69 bits per heavy atom. The van der Waals surface area contributed by atoms with Crippen molar-refractivity contribution in [3.63, 3.8) is 0 Å². The summed E-state index contributed by atoms with van der Waals surface area (Å²) in [6, 6.07) is 9.44. The lowest BCUT2D eigenvalue weighted by molar-refractivity contribution is 0.0706. The number of methoxy groups -OCH3 is 1. The van der Waals surface area contributed by atoms with E-state index >= 15 is 0 Å². The van der Waals surface area contributed by atoms with E-state index in [2.05, 4.69) is 16.2 Å². The standard InChI is InChI=1S/C19H19N5O2/c1-3-23(8-9-26-2)19(25)15-6-4-14(5-7-15)17-11-21-18-16(10-20)12-22-24(18)13-17/h4-7,11-13H,3,8-9H2,1-2H3. The van der Waals surface area contributed by atoms with Crippen LogP contribution >= 0.6 is 0 Å². The number of hydrogen-bond acceptors (Lipinski definition) is 5. The molecule has 3 aromatic rings. The molecule has 0 saturated carbocycles. The maximum absolute atomic E-state index is 12.6. The lowest BCUT2D eigenvalue weighted by Gasteiger charge is -2.20. The largest absolute Gasteiger partial charge is 0.383 e. The topological polar surface area (TPSA) is 83.5 Å². The van der Waals surface area contributed by atoms with Crippen molar-refractivity contribution in [2.75, 3.05) is 26.8 Å². The molecule has 0 saturated heterocycles. The maximum atomic E-state index is 12.6. The third-order valence-corrected chi connectivity index (χ3v) is 4.18. The van der Waals surface area contributed by atoms with Crippen molar-refractivity contribution in [2.24, 2.45) is 0 Å². The average Bonchev–Trinajstić information content (AvgIpc) is 3.10. The van der Waals surface area contributed by atoms with Crippen LogP contribution < -0.4 is 0 Å². The molecule has 2 heterocycles. The lowest BCUT2D eigenvalue weighted by Crippen LogP contribution is -2.33. The first-order chi connectivity index (χ1) is 12.7. The summed E-state index contributed by atoms with van der Waals surface area (Å²) in [5.41, 5.74) is 3.38. The van der Waals surface area contributed by atoms with Gasteiger partial charge >= 0.3 is 0 Å². The quantitative estimate of drug-likeness (QED) is 0.682. The lowest BCUT2D eigenvalue weighted by atomic mass is 10.1. The van der Waals surface area contributed by atoms with E-state index in [1.807, 2.05) is 25.3 Å². The van der Waals surface area contributed by atoms with Crippen LogP contribution in [0.25, 0.3) is 16.8 Å². The van der Waals surface area contributed by atoms with Crippen molar-refractivity contribution >= 4 is 11.6 Å². The van der Waals surface area contributed by atoms with Crippen LogP contribution in [0, 0.1) is 11.3 Å². The summed E-state index contributed by atoms with van der Waals surface area (Å²) in [6.45, 7) is 3.65. The Hall–Kier alpha value is -3.24. The Morgan fingerprint density at radius 1 is 1.27 bits per heavy atom. The fraction of sp³-hybridized carbons (Fsp3) is 0.263. The molecular weight excluding hydrogens is 330 g/mol. The number of likely N-dealkylation sites (N-methyl/N-ethyl adjacent to an activating group) is 1. The fourth-order valence-corrected chi connectivity index (χ4v) is 2.70. The predicted molar refractivity (Wildman–Crippen MR) is 96.6 cm³/mol. The smallest absolute Gasteiger partial charge is 0.253 e. The molecular formula is C19H19N5O2. The zero-order chi connectivity index (χ0) is 18.5. The number of hydrogen-bond donors (Lipinski definition) is 0. The molecule has 132 valence electrons. The molecule has 0 aliphatic carbocycles. The van der Waals surface area contributed by atoms with Crippen molar-refractivity contribution in [1.29, 1.82) is 5.26 Å². The monoisotopic (exact) mass is 349 g/mol. The second kappa shape index (κ2) is 7.76. The highest BCUT2D eigenvalue weighted by molar-refractivity contribution is 5.94.